The molecule has 0 radical (unpaired) electrons. The average molecular weight is 268 g/mol. The van der Waals surface area contributed by atoms with Crippen molar-refractivity contribution >= 4 is 12.0 Å². The van der Waals surface area contributed by atoms with E-state index in [0.29, 0.717) is 6.42 Å². The number of aliphatic carboxylic acids is 1. The molecule has 1 unspecified atom stereocenters. The largest absolute Gasteiger partial charge is 0.480 e. The monoisotopic (exact) mass is 268 g/mol. The van der Waals surface area contributed by atoms with Crippen molar-refractivity contribution in [2.24, 2.45) is 0 Å². The Balaban J connectivity index is 2.42. The first-order valence-electron chi connectivity index (χ1n) is 5.92. The maximum Gasteiger partial charge on any atom is 0.325 e. The summed E-state index contributed by atoms with van der Waals surface area (Å²) in [6, 6.07) is 4.33. The molecule has 104 valence electrons. The Labute approximate surface area is 110 Å². The second kappa shape index (κ2) is 6.72. The number of rotatable bonds is 5. The van der Waals surface area contributed by atoms with Gasteiger partial charge >= 0.3 is 12.0 Å². The molecule has 0 heterocycles. The predicted molar refractivity (Wildman–Crippen MR) is 68.3 cm³/mol. The Kier molecular flexibility index (Phi) is 5.29. The van der Waals surface area contributed by atoms with E-state index in [0.717, 1.165) is 5.56 Å². The van der Waals surface area contributed by atoms with E-state index < -0.39 is 18.0 Å². The minimum atomic E-state index is -1.10. The molecule has 0 saturated heterocycles. The van der Waals surface area contributed by atoms with Gasteiger partial charge in [-0.15, -0.1) is 0 Å². The molecular formula is C13H17FN2O3. The van der Waals surface area contributed by atoms with Crippen LogP contribution in [0.2, 0.25) is 0 Å². The van der Waals surface area contributed by atoms with Crippen LogP contribution in [0.3, 0.4) is 0 Å². The van der Waals surface area contributed by atoms with Gasteiger partial charge in [0.25, 0.3) is 0 Å². The summed E-state index contributed by atoms with van der Waals surface area (Å²) < 4.78 is 12.7. The molecule has 5 nitrogen and oxygen atoms in total. The standard InChI is InChI=1S/C13H17FN2O3/c1-8(7-10-3-5-11(14)6-4-10)15-13(19)16-9(2)12(17)18/h3-6,8-9H,7H2,1-2H3,(H,17,18)(H2,15,16,19)/t8?,9-/m1/s1. The number of carboxylic acid groups (broad SMARTS) is 1. The molecule has 0 aliphatic rings. The molecule has 0 saturated carbocycles. The average Bonchev–Trinajstić information content (AvgIpc) is 2.31. The first-order valence-corrected chi connectivity index (χ1v) is 5.92. The van der Waals surface area contributed by atoms with Crippen LogP contribution >= 0.6 is 0 Å². The number of amides is 2. The summed E-state index contributed by atoms with van der Waals surface area (Å²) in [5.41, 5.74) is 0.889. The lowest BCUT2D eigenvalue weighted by Crippen LogP contribution is -2.47. The van der Waals surface area contributed by atoms with E-state index >= 15 is 0 Å². The van der Waals surface area contributed by atoms with Crippen molar-refractivity contribution < 1.29 is 19.1 Å². The summed E-state index contributed by atoms with van der Waals surface area (Å²) in [5, 5.41) is 13.6. The molecule has 19 heavy (non-hydrogen) atoms. The number of urea groups is 1. The maximum atomic E-state index is 12.7. The third-order valence-electron chi connectivity index (χ3n) is 2.55. The third-order valence-corrected chi connectivity index (χ3v) is 2.55. The summed E-state index contributed by atoms with van der Waals surface area (Å²) in [4.78, 5) is 22.0. The van der Waals surface area contributed by atoms with Crippen LogP contribution in [-0.2, 0) is 11.2 Å². The number of halogens is 1. The lowest BCUT2D eigenvalue weighted by molar-refractivity contribution is -0.138. The van der Waals surface area contributed by atoms with Crippen molar-refractivity contribution in [3.05, 3.63) is 35.6 Å². The smallest absolute Gasteiger partial charge is 0.325 e. The van der Waals surface area contributed by atoms with Crippen molar-refractivity contribution in [1.82, 2.24) is 10.6 Å². The maximum absolute atomic E-state index is 12.7. The highest BCUT2D eigenvalue weighted by molar-refractivity contribution is 5.82. The molecule has 0 fully saturated rings. The van der Waals surface area contributed by atoms with Crippen molar-refractivity contribution in [1.29, 1.82) is 0 Å². The van der Waals surface area contributed by atoms with E-state index in [2.05, 4.69) is 10.6 Å². The molecule has 0 spiro atoms. The van der Waals surface area contributed by atoms with E-state index in [9.17, 15) is 14.0 Å². The Bertz CT molecular complexity index is 448. The number of benzene rings is 1. The second-order valence-corrected chi connectivity index (χ2v) is 4.41. The normalized spacial score (nSPS) is 13.4. The van der Waals surface area contributed by atoms with Gasteiger partial charge in [-0.3, -0.25) is 4.79 Å². The predicted octanol–water partition coefficient (Wildman–Crippen LogP) is 1.53. The van der Waals surface area contributed by atoms with Gasteiger partial charge in [0.2, 0.25) is 0 Å². The van der Waals surface area contributed by atoms with E-state index in [4.69, 9.17) is 5.11 Å². The van der Waals surface area contributed by atoms with Gasteiger partial charge in [0.15, 0.2) is 0 Å². The highest BCUT2D eigenvalue weighted by Crippen LogP contribution is 2.05. The van der Waals surface area contributed by atoms with Crippen molar-refractivity contribution in [3.63, 3.8) is 0 Å². The first-order chi connectivity index (χ1) is 8.88. The molecule has 1 aromatic rings. The van der Waals surface area contributed by atoms with Crippen LogP contribution in [0, 0.1) is 5.82 Å². The molecule has 0 aromatic heterocycles. The molecule has 0 aliphatic carbocycles. The fourth-order valence-electron chi connectivity index (χ4n) is 1.55. The van der Waals surface area contributed by atoms with Crippen molar-refractivity contribution in [2.45, 2.75) is 32.4 Å². The summed E-state index contributed by atoms with van der Waals surface area (Å²) in [7, 11) is 0. The minimum absolute atomic E-state index is 0.188. The molecule has 3 N–H and O–H groups in total. The van der Waals surface area contributed by atoms with Gasteiger partial charge in [-0.2, -0.15) is 0 Å². The van der Waals surface area contributed by atoms with E-state index in [1.807, 2.05) is 0 Å². The number of nitrogens with one attached hydrogen (secondary N) is 2. The lowest BCUT2D eigenvalue weighted by atomic mass is 10.1. The number of carboxylic acids is 1. The summed E-state index contributed by atoms with van der Waals surface area (Å²) >= 11 is 0. The van der Waals surface area contributed by atoms with Crippen LogP contribution in [0.5, 0.6) is 0 Å². The highest BCUT2D eigenvalue weighted by Gasteiger charge is 2.15. The zero-order valence-corrected chi connectivity index (χ0v) is 10.8. The number of hydrogen-bond donors (Lipinski definition) is 3. The Hall–Kier alpha value is -2.11. The number of carbonyl (C=O) groups excluding carboxylic acids is 1. The Morgan fingerprint density at radius 1 is 1.21 bits per heavy atom. The Morgan fingerprint density at radius 3 is 2.32 bits per heavy atom. The van der Waals surface area contributed by atoms with Crippen LogP contribution in [0.1, 0.15) is 19.4 Å². The molecule has 6 heteroatoms. The highest BCUT2D eigenvalue weighted by atomic mass is 19.1. The third kappa shape index (κ3) is 5.37. The van der Waals surface area contributed by atoms with Crippen molar-refractivity contribution in [3.8, 4) is 0 Å². The summed E-state index contributed by atoms with van der Waals surface area (Å²) in [6.07, 6.45) is 0.537. The second-order valence-electron chi connectivity index (χ2n) is 4.41. The molecule has 0 aliphatic heterocycles. The molecule has 1 aromatic carbocycles. The molecule has 2 atom stereocenters. The zero-order valence-electron chi connectivity index (χ0n) is 10.8. The van der Waals surface area contributed by atoms with E-state index in [-0.39, 0.29) is 11.9 Å². The van der Waals surface area contributed by atoms with Crippen LogP contribution in [-0.4, -0.2) is 29.2 Å². The van der Waals surface area contributed by atoms with E-state index in [1.54, 1.807) is 19.1 Å². The number of hydrogen-bond acceptors (Lipinski definition) is 2. The Morgan fingerprint density at radius 2 is 1.79 bits per heavy atom. The van der Waals surface area contributed by atoms with Gasteiger partial charge in [0, 0.05) is 6.04 Å². The van der Waals surface area contributed by atoms with Gasteiger partial charge in [-0.1, -0.05) is 12.1 Å². The lowest BCUT2D eigenvalue weighted by Gasteiger charge is -2.16. The zero-order chi connectivity index (χ0) is 14.4. The molecule has 2 amide bonds. The topological polar surface area (TPSA) is 78.4 Å². The van der Waals surface area contributed by atoms with Gasteiger partial charge in [-0.05, 0) is 38.0 Å². The number of carbonyl (C=O) groups is 2. The first kappa shape index (κ1) is 14.9. The van der Waals surface area contributed by atoms with E-state index in [1.165, 1.54) is 19.1 Å². The van der Waals surface area contributed by atoms with Gasteiger partial charge < -0.3 is 15.7 Å². The molecular weight excluding hydrogens is 251 g/mol. The molecule has 0 bridgehead atoms. The fraction of sp³-hybridized carbons (Fsp3) is 0.385. The van der Waals surface area contributed by atoms with Gasteiger partial charge in [0.05, 0.1) is 0 Å². The van der Waals surface area contributed by atoms with Crippen molar-refractivity contribution in [2.75, 3.05) is 0 Å². The van der Waals surface area contributed by atoms with Crippen LogP contribution < -0.4 is 10.6 Å². The quantitative estimate of drug-likeness (QED) is 0.757. The van der Waals surface area contributed by atoms with Crippen LogP contribution in [0.15, 0.2) is 24.3 Å². The summed E-state index contributed by atoms with van der Waals surface area (Å²) in [5.74, 6) is -1.40. The fourth-order valence-corrected chi connectivity index (χ4v) is 1.55. The molecule has 1 rings (SSSR count). The van der Waals surface area contributed by atoms with Crippen LogP contribution in [0.25, 0.3) is 0 Å². The SMILES string of the molecule is CC(Cc1ccc(F)cc1)NC(=O)N[C@H](C)C(=O)O. The summed E-state index contributed by atoms with van der Waals surface area (Å²) in [6.45, 7) is 3.17. The van der Waals surface area contributed by atoms with Gasteiger partial charge in [-0.25, -0.2) is 9.18 Å². The minimum Gasteiger partial charge on any atom is -0.480 e. The van der Waals surface area contributed by atoms with Crippen LogP contribution in [0.4, 0.5) is 9.18 Å². The van der Waals surface area contributed by atoms with Gasteiger partial charge in [0.1, 0.15) is 11.9 Å².